The van der Waals surface area contributed by atoms with E-state index in [1.807, 2.05) is 0 Å². The summed E-state index contributed by atoms with van der Waals surface area (Å²) in [5.41, 5.74) is 0. The standard InChI is InChI=1S/C8H12BrN/c9-5-7-2-1-3-8(4-7)6-10/h7-8H,1-5H2/t7-,8-/m0/s1. The molecule has 0 aromatic heterocycles. The van der Waals surface area contributed by atoms with Crippen LogP contribution in [0.25, 0.3) is 0 Å². The highest BCUT2D eigenvalue weighted by molar-refractivity contribution is 9.09. The van der Waals surface area contributed by atoms with Gasteiger partial charge in [-0.15, -0.1) is 0 Å². The second kappa shape index (κ2) is 3.98. The number of alkyl halides is 1. The fraction of sp³-hybridized carbons (Fsp3) is 0.875. The van der Waals surface area contributed by atoms with Gasteiger partial charge in [-0.1, -0.05) is 22.4 Å². The summed E-state index contributed by atoms with van der Waals surface area (Å²) in [5.74, 6) is 1.11. The first-order valence-electron chi connectivity index (χ1n) is 3.82. The van der Waals surface area contributed by atoms with E-state index in [2.05, 4.69) is 22.0 Å². The first-order chi connectivity index (χ1) is 4.86. The second-order valence-corrected chi connectivity index (χ2v) is 3.66. The van der Waals surface area contributed by atoms with Gasteiger partial charge in [-0.3, -0.25) is 0 Å². The highest BCUT2D eigenvalue weighted by atomic mass is 79.9. The van der Waals surface area contributed by atoms with E-state index in [1.165, 1.54) is 12.8 Å². The van der Waals surface area contributed by atoms with Crippen molar-refractivity contribution in [2.24, 2.45) is 11.8 Å². The lowest BCUT2D eigenvalue weighted by molar-refractivity contribution is 0.337. The molecule has 0 aromatic carbocycles. The van der Waals surface area contributed by atoms with Gasteiger partial charge in [0.25, 0.3) is 0 Å². The molecule has 1 aliphatic rings. The van der Waals surface area contributed by atoms with Crippen LogP contribution in [0.3, 0.4) is 0 Å². The Labute approximate surface area is 70.5 Å². The van der Waals surface area contributed by atoms with Crippen LogP contribution >= 0.6 is 15.9 Å². The van der Waals surface area contributed by atoms with E-state index in [9.17, 15) is 0 Å². The maximum atomic E-state index is 8.64. The molecule has 0 saturated heterocycles. The fourth-order valence-electron chi connectivity index (χ4n) is 1.55. The highest BCUT2D eigenvalue weighted by Gasteiger charge is 2.20. The molecule has 0 bridgehead atoms. The molecule has 2 heteroatoms. The van der Waals surface area contributed by atoms with E-state index in [0.717, 1.165) is 24.1 Å². The van der Waals surface area contributed by atoms with Crippen molar-refractivity contribution < 1.29 is 0 Å². The van der Waals surface area contributed by atoms with Crippen LogP contribution in [0.1, 0.15) is 25.7 Å². The molecule has 0 N–H and O–H groups in total. The van der Waals surface area contributed by atoms with Gasteiger partial charge >= 0.3 is 0 Å². The van der Waals surface area contributed by atoms with E-state index in [-0.39, 0.29) is 0 Å². The molecule has 1 nitrogen and oxygen atoms in total. The van der Waals surface area contributed by atoms with Gasteiger partial charge in [0.05, 0.1) is 6.07 Å². The maximum absolute atomic E-state index is 8.64. The Morgan fingerprint density at radius 2 is 2.30 bits per heavy atom. The molecule has 2 atom stereocenters. The smallest absolute Gasteiger partial charge is 0.0655 e. The predicted molar refractivity (Wildman–Crippen MR) is 44.9 cm³/mol. The van der Waals surface area contributed by atoms with Gasteiger partial charge in [0.1, 0.15) is 0 Å². The van der Waals surface area contributed by atoms with E-state index in [1.54, 1.807) is 0 Å². The number of nitriles is 1. The molecule has 10 heavy (non-hydrogen) atoms. The van der Waals surface area contributed by atoms with Crippen molar-refractivity contribution in [2.45, 2.75) is 25.7 Å². The van der Waals surface area contributed by atoms with Gasteiger partial charge in [0.15, 0.2) is 0 Å². The first-order valence-corrected chi connectivity index (χ1v) is 4.94. The van der Waals surface area contributed by atoms with E-state index >= 15 is 0 Å². The summed E-state index contributed by atoms with van der Waals surface area (Å²) in [4.78, 5) is 0. The van der Waals surface area contributed by atoms with Crippen LogP contribution in [0.15, 0.2) is 0 Å². The minimum absolute atomic E-state index is 0.344. The molecule has 0 spiro atoms. The van der Waals surface area contributed by atoms with E-state index in [0.29, 0.717) is 5.92 Å². The average Bonchev–Trinajstić information content (AvgIpc) is 2.05. The predicted octanol–water partition coefficient (Wildman–Crippen LogP) is 2.71. The van der Waals surface area contributed by atoms with Crippen molar-refractivity contribution in [1.29, 1.82) is 5.26 Å². The zero-order chi connectivity index (χ0) is 7.40. The van der Waals surface area contributed by atoms with E-state index in [4.69, 9.17) is 5.26 Å². The van der Waals surface area contributed by atoms with Crippen LogP contribution < -0.4 is 0 Å². The molecule has 1 saturated carbocycles. The third-order valence-electron chi connectivity index (χ3n) is 2.18. The number of hydrogen-bond donors (Lipinski definition) is 0. The van der Waals surface area contributed by atoms with Crippen LogP contribution in [0.4, 0.5) is 0 Å². The van der Waals surface area contributed by atoms with Gasteiger partial charge in [0.2, 0.25) is 0 Å². The van der Waals surface area contributed by atoms with Crippen LogP contribution in [-0.4, -0.2) is 5.33 Å². The Balaban J connectivity index is 2.33. The summed E-state index contributed by atoms with van der Waals surface area (Å²) in [6.07, 6.45) is 4.79. The first kappa shape index (κ1) is 8.07. The largest absolute Gasteiger partial charge is 0.198 e. The van der Waals surface area contributed by atoms with Gasteiger partial charge < -0.3 is 0 Å². The summed E-state index contributed by atoms with van der Waals surface area (Å²) in [6.45, 7) is 0. The topological polar surface area (TPSA) is 23.8 Å². The van der Waals surface area contributed by atoms with Crippen LogP contribution in [-0.2, 0) is 0 Å². The highest BCUT2D eigenvalue weighted by Crippen LogP contribution is 2.29. The average molecular weight is 202 g/mol. The van der Waals surface area contributed by atoms with Gasteiger partial charge in [0, 0.05) is 11.2 Å². The van der Waals surface area contributed by atoms with Crippen molar-refractivity contribution in [3.05, 3.63) is 0 Å². The molecule has 1 rings (SSSR count). The van der Waals surface area contributed by atoms with Gasteiger partial charge in [-0.05, 0) is 25.2 Å². The number of nitrogens with zero attached hydrogens (tertiary/aromatic N) is 1. The van der Waals surface area contributed by atoms with Crippen LogP contribution in [0.2, 0.25) is 0 Å². The van der Waals surface area contributed by atoms with Gasteiger partial charge in [-0.2, -0.15) is 5.26 Å². The molecular weight excluding hydrogens is 190 g/mol. The lowest BCUT2D eigenvalue weighted by Crippen LogP contribution is -2.14. The second-order valence-electron chi connectivity index (χ2n) is 3.01. The van der Waals surface area contributed by atoms with E-state index < -0.39 is 0 Å². The summed E-state index contributed by atoms with van der Waals surface area (Å²) in [6, 6.07) is 2.35. The molecule has 56 valence electrons. The fourth-order valence-corrected chi connectivity index (χ4v) is 2.14. The van der Waals surface area contributed by atoms with Crippen molar-refractivity contribution in [2.75, 3.05) is 5.33 Å². The Kier molecular flexibility index (Phi) is 3.21. The molecule has 0 amide bonds. The molecule has 0 unspecified atom stereocenters. The number of halogens is 1. The van der Waals surface area contributed by atoms with Crippen LogP contribution in [0, 0.1) is 23.2 Å². The van der Waals surface area contributed by atoms with Crippen molar-refractivity contribution in [3.63, 3.8) is 0 Å². The lowest BCUT2D eigenvalue weighted by atomic mass is 9.83. The zero-order valence-corrected chi connectivity index (χ0v) is 7.60. The molecule has 1 aliphatic carbocycles. The Morgan fingerprint density at radius 1 is 1.50 bits per heavy atom. The monoisotopic (exact) mass is 201 g/mol. The third-order valence-corrected chi connectivity index (χ3v) is 3.10. The minimum Gasteiger partial charge on any atom is -0.198 e. The third kappa shape index (κ3) is 1.98. The quantitative estimate of drug-likeness (QED) is 0.599. The number of rotatable bonds is 1. The Hall–Kier alpha value is -0.0300. The molecule has 0 aromatic rings. The van der Waals surface area contributed by atoms with Gasteiger partial charge in [-0.25, -0.2) is 0 Å². The summed E-state index contributed by atoms with van der Waals surface area (Å²) >= 11 is 3.46. The van der Waals surface area contributed by atoms with Crippen molar-refractivity contribution in [3.8, 4) is 6.07 Å². The summed E-state index contributed by atoms with van der Waals surface area (Å²) in [7, 11) is 0. The summed E-state index contributed by atoms with van der Waals surface area (Å²) < 4.78 is 0. The molecule has 0 radical (unpaired) electrons. The molecule has 0 aliphatic heterocycles. The molecule has 0 heterocycles. The summed E-state index contributed by atoms with van der Waals surface area (Å²) in [5, 5.41) is 9.71. The van der Waals surface area contributed by atoms with Crippen molar-refractivity contribution in [1.82, 2.24) is 0 Å². The maximum Gasteiger partial charge on any atom is 0.0655 e. The lowest BCUT2D eigenvalue weighted by Gasteiger charge is -2.22. The molecular formula is C8H12BrN. The zero-order valence-electron chi connectivity index (χ0n) is 6.02. The Morgan fingerprint density at radius 3 is 2.90 bits per heavy atom. The van der Waals surface area contributed by atoms with Crippen molar-refractivity contribution >= 4 is 15.9 Å². The van der Waals surface area contributed by atoms with Crippen LogP contribution in [0.5, 0.6) is 0 Å². The molecule has 1 fully saturated rings. The SMILES string of the molecule is N#C[C@H]1CCC[C@H](CBr)C1. The normalized spacial score (nSPS) is 33.2. The number of hydrogen-bond acceptors (Lipinski definition) is 1. The Bertz CT molecular complexity index is 139. The minimum atomic E-state index is 0.344.